The number of benzene rings is 2. The lowest BCUT2D eigenvalue weighted by Gasteiger charge is -2.28. The number of hydrogen-bond donors (Lipinski definition) is 0. The number of carbonyl (C=O) groups excluding carboxylic acids is 1. The second kappa shape index (κ2) is 8.89. The molecule has 6 heteroatoms. The lowest BCUT2D eigenvalue weighted by Crippen LogP contribution is -2.36. The van der Waals surface area contributed by atoms with Gasteiger partial charge in [-0.15, -0.1) is 11.8 Å². The van der Waals surface area contributed by atoms with E-state index in [1.54, 1.807) is 26.0 Å². The van der Waals surface area contributed by atoms with Gasteiger partial charge in [0.2, 0.25) is 5.91 Å². The largest absolute Gasteiger partial charge is 0.493 e. The van der Waals surface area contributed by atoms with Crippen molar-refractivity contribution in [3.63, 3.8) is 0 Å². The molecule has 3 rings (SSSR count). The molecule has 0 radical (unpaired) electrons. The SMILES string of the molecule is COc1ccc([C@H]2CCCN2C(=O)[C@H](C)Sc2ccc(Cl)cc2)cc1OC. The Hall–Kier alpha value is -1.85. The summed E-state index contributed by atoms with van der Waals surface area (Å²) in [6.07, 6.45) is 1.96. The van der Waals surface area contributed by atoms with Crippen LogP contribution in [0.5, 0.6) is 11.5 Å². The number of rotatable bonds is 6. The van der Waals surface area contributed by atoms with Crippen LogP contribution in [0.1, 0.15) is 31.4 Å². The molecule has 1 amide bonds. The minimum absolute atomic E-state index is 0.0746. The van der Waals surface area contributed by atoms with Crippen molar-refractivity contribution in [3.05, 3.63) is 53.1 Å². The minimum Gasteiger partial charge on any atom is -0.493 e. The summed E-state index contributed by atoms with van der Waals surface area (Å²) in [6, 6.07) is 13.6. The Morgan fingerprint density at radius 2 is 1.85 bits per heavy atom. The fraction of sp³-hybridized carbons (Fsp3) is 0.381. The van der Waals surface area contributed by atoms with E-state index in [1.807, 2.05) is 54.3 Å². The van der Waals surface area contributed by atoms with Gasteiger partial charge in [-0.25, -0.2) is 0 Å². The molecule has 0 bridgehead atoms. The highest BCUT2D eigenvalue weighted by Gasteiger charge is 2.33. The van der Waals surface area contributed by atoms with E-state index >= 15 is 0 Å². The molecule has 1 saturated heterocycles. The van der Waals surface area contributed by atoms with Crippen LogP contribution >= 0.6 is 23.4 Å². The van der Waals surface area contributed by atoms with Crippen molar-refractivity contribution in [3.8, 4) is 11.5 Å². The monoisotopic (exact) mass is 405 g/mol. The normalized spacial score (nSPS) is 17.6. The third kappa shape index (κ3) is 4.53. The molecule has 0 N–H and O–H groups in total. The molecule has 144 valence electrons. The van der Waals surface area contributed by atoms with E-state index in [2.05, 4.69) is 0 Å². The fourth-order valence-electron chi connectivity index (χ4n) is 3.44. The van der Waals surface area contributed by atoms with E-state index in [9.17, 15) is 4.79 Å². The van der Waals surface area contributed by atoms with Crippen LogP contribution in [-0.4, -0.2) is 36.8 Å². The number of hydrogen-bond acceptors (Lipinski definition) is 4. The number of nitrogens with zero attached hydrogens (tertiary/aromatic N) is 1. The van der Waals surface area contributed by atoms with Crippen LogP contribution in [0.3, 0.4) is 0 Å². The van der Waals surface area contributed by atoms with Crippen LogP contribution in [-0.2, 0) is 4.79 Å². The van der Waals surface area contributed by atoms with E-state index in [1.165, 1.54) is 0 Å². The molecule has 0 saturated carbocycles. The molecular formula is C21H24ClNO3S. The second-order valence-electron chi connectivity index (χ2n) is 6.52. The predicted octanol–water partition coefficient (Wildman–Crippen LogP) is 5.20. The lowest BCUT2D eigenvalue weighted by molar-refractivity contribution is -0.131. The Morgan fingerprint density at radius 1 is 1.15 bits per heavy atom. The molecule has 4 nitrogen and oxygen atoms in total. The van der Waals surface area contributed by atoms with Gasteiger partial charge in [0.25, 0.3) is 0 Å². The number of likely N-dealkylation sites (tertiary alicyclic amines) is 1. The first kappa shape index (κ1) is 19.9. The summed E-state index contributed by atoms with van der Waals surface area (Å²) in [5, 5.41) is 0.540. The molecule has 1 aliphatic heterocycles. The predicted molar refractivity (Wildman–Crippen MR) is 110 cm³/mol. The van der Waals surface area contributed by atoms with Crippen molar-refractivity contribution in [2.75, 3.05) is 20.8 Å². The zero-order valence-electron chi connectivity index (χ0n) is 15.8. The van der Waals surface area contributed by atoms with Gasteiger partial charge in [0, 0.05) is 16.5 Å². The van der Waals surface area contributed by atoms with Gasteiger partial charge in [-0.05, 0) is 61.7 Å². The Kier molecular flexibility index (Phi) is 6.55. The fourth-order valence-corrected chi connectivity index (χ4v) is 4.50. The van der Waals surface area contributed by atoms with Gasteiger partial charge in [-0.1, -0.05) is 17.7 Å². The van der Waals surface area contributed by atoms with Crippen LogP contribution in [0, 0.1) is 0 Å². The maximum atomic E-state index is 13.1. The van der Waals surface area contributed by atoms with Crippen LogP contribution in [0.15, 0.2) is 47.4 Å². The van der Waals surface area contributed by atoms with Crippen molar-refractivity contribution in [2.24, 2.45) is 0 Å². The maximum absolute atomic E-state index is 13.1. The molecule has 0 unspecified atom stereocenters. The highest BCUT2D eigenvalue weighted by Crippen LogP contribution is 2.38. The molecule has 2 aromatic rings. The van der Waals surface area contributed by atoms with Crippen LogP contribution in [0.25, 0.3) is 0 Å². The van der Waals surface area contributed by atoms with Crippen LogP contribution in [0.4, 0.5) is 0 Å². The first-order valence-electron chi connectivity index (χ1n) is 8.98. The summed E-state index contributed by atoms with van der Waals surface area (Å²) in [5.41, 5.74) is 1.09. The Balaban J connectivity index is 1.75. The first-order valence-corrected chi connectivity index (χ1v) is 10.2. The Bertz CT molecular complexity index is 797. The average molecular weight is 406 g/mol. The maximum Gasteiger partial charge on any atom is 0.236 e. The third-order valence-corrected chi connectivity index (χ3v) is 6.15. The topological polar surface area (TPSA) is 38.8 Å². The Morgan fingerprint density at radius 3 is 2.52 bits per heavy atom. The highest BCUT2D eigenvalue weighted by molar-refractivity contribution is 8.00. The summed E-state index contributed by atoms with van der Waals surface area (Å²) in [7, 11) is 3.25. The summed E-state index contributed by atoms with van der Waals surface area (Å²) >= 11 is 7.51. The number of carbonyl (C=O) groups is 1. The van der Waals surface area contributed by atoms with Crippen molar-refractivity contribution in [2.45, 2.75) is 36.0 Å². The molecule has 0 aliphatic carbocycles. The molecule has 1 heterocycles. The van der Waals surface area contributed by atoms with E-state index in [4.69, 9.17) is 21.1 Å². The number of amides is 1. The summed E-state index contributed by atoms with van der Waals surface area (Å²) in [6.45, 7) is 2.74. The van der Waals surface area contributed by atoms with Gasteiger partial charge < -0.3 is 14.4 Å². The molecule has 0 aromatic heterocycles. The smallest absolute Gasteiger partial charge is 0.236 e. The summed E-state index contributed by atoms with van der Waals surface area (Å²) in [4.78, 5) is 16.1. The zero-order valence-corrected chi connectivity index (χ0v) is 17.3. The van der Waals surface area contributed by atoms with Crippen LogP contribution < -0.4 is 9.47 Å². The Labute approximate surface area is 169 Å². The second-order valence-corrected chi connectivity index (χ2v) is 8.37. The average Bonchev–Trinajstić information content (AvgIpc) is 3.18. The van der Waals surface area contributed by atoms with Crippen molar-refractivity contribution < 1.29 is 14.3 Å². The zero-order chi connectivity index (χ0) is 19.4. The molecule has 27 heavy (non-hydrogen) atoms. The molecule has 2 aromatic carbocycles. The number of thioether (sulfide) groups is 1. The van der Waals surface area contributed by atoms with Crippen LogP contribution in [0.2, 0.25) is 5.02 Å². The molecular weight excluding hydrogens is 382 g/mol. The molecule has 1 aliphatic rings. The van der Waals surface area contributed by atoms with Crippen molar-refractivity contribution in [1.82, 2.24) is 4.90 Å². The molecule has 2 atom stereocenters. The van der Waals surface area contributed by atoms with Gasteiger partial charge in [0.05, 0.1) is 25.5 Å². The molecule has 0 spiro atoms. The number of ether oxygens (including phenoxy) is 2. The first-order chi connectivity index (χ1) is 13.0. The summed E-state index contributed by atoms with van der Waals surface area (Å²) in [5.74, 6) is 1.55. The van der Waals surface area contributed by atoms with Gasteiger partial charge in [0.1, 0.15) is 0 Å². The van der Waals surface area contributed by atoms with Crippen molar-refractivity contribution >= 4 is 29.3 Å². The van der Waals surface area contributed by atoms with Gasteiger partial charge in [-0.2, -0.15) is 0 Å². The number of methoxy groups -OCH3 is 2. The minimum atomic E-state index is -0.160. The molecule has 1 fully saturated rings. The van der Waals surface area contributed by atoms with E-state index in [0.29, 0.717) is 16.5 Å². The van der Waals surface area contributed by atoms with E-state index in [0.717, 1.165) is 29.8 Å². The van der Waals surface area contributed by atoms with Crippen molar-refractivity contribution in [1.29, 1.82) is 0 Å². The summed E-state index contributed by atoms with van der Waals surface area (Å²) < 4.78 is 10.7. The van der Waals surface area contributed by atoms with Gasteiger partial charge in [-0.3, -0.25) is 4.79 Å². The van der Waals surface area contributed by atoms with Gasteiger partial charge >= 0.3 is 0 Å². The number of halogens is 1. The van der Waals surface area contributed by atoms with Gasteiger partial charge in [0.15, 0.2) is 11.5 Å². The van der Waals surface area contributed by atoms with E-state index < -0.39 is 0 Å². The third-order valence-electron chi connectivity index (χ3n) is 4.80. The lowest BCUT2D eigenvalue weighted by atomic mass is 10.0. The quantitative estimate of drug-likeness (QED) is 0.619. The van der Waals surface area contributed by atoms with E-state index in [-0.39, 0.29) is 17.2 Å². The standard InChI is InChI=1S/C21H24ClNO3S/c1-14(27-17-9-7-16(22)8-10-17)21(24)23-12-4-5-18(23)15-6-11-19(25-2)20(13-15)26-3/h6-11,13-14,18H,4-5,12H2,1-3H3/t14-,18+/m0/s1. The highest BCUT2D eigenvalue weighted by atomic mass is 35.5.